The Morgan fingerprint density at radius 2 is 1.79 bits per heavy atom. The van der Waals surface area contributed by atoms with Gasteiger partial charge in [-0.2, -0.15) is 13.2 Å². The Morgan fingerprint density at radius 1 is 1.03 bits per heavy atom. The van der Waals surface area contributed by atoms with Gasteiger partial charge in [0.15, 0.2) is 0 Å². The normalized spacial score (nSPS) is 11.6. The fourth-order valence-corrected chi connectivity index (χ4v) is 3.48. The lowest BCUT2D eigenvalue weighted by atomic mass is 10.0. The summed E-state index contributed by atoms with van der Waals surface area (Å²) in [5.41, 5.74) is 6.11. The van der Waals surface area contributed by atoms with Gasteiger partial charge in [-0.1, -0.05) is 0 Å². The van der Waals surface area contributed by atoms with E-state index >= 15 is 0 Å². The number of rotatable bonds is 3. The quantitative estimate of drug-likeness (QED) is 0.362. The van der Waals surface area contributed by atoms with E-state index in [1.165, 1.54) is 20.0 Å². The van der Waals surface area contributed by atoms with E-state index in [1.807, 2.05) is 0 Å². The van der Waals surface area contributed by atoms with Gasteiger partial charge in [0.2, 0.25) is 5.91 Å². The molecule has 1 aromatic carbocycles. The molecule has 4 aromatic rings. The second kappa shape index (κ2) is 8.58. The van der Waals surface area contributed by atoms with E-state index in [4.69, 9.17) is 5.73 Å². The summed E-state index contributed by atoms with van der Waals surface area (Å²) >= 11 is 0. The number of nitrogens with zero attached hydrogens (tertiary/aromatic N) is 5. The van der Waals surface area contributed by atoms with Crippen molar-refractivity contribution in [3.8, 4) is 0 Å². The molecule has 0 aliphatic carbocycles. The number of halogens is 3. The summed E-state index contributed by atoms with van der Waals surface area (Å²) in [6.07, 6.45) is -0.657. The molecule has 2 N–H and O–H groups in total. The molecule has 3 aromatic heterocycles. The minimum absolute atomic E-state index is 0.182. The van der Waals surface area contributed by atoms with Gasteiger partial charge in [-0.15, -0.1) is 0 Å². The smallest absolute Gasteiger partial charge is 0.383 e. The molecule has 4 rings (SSSR count). The number of fused-ring (bicyclic) bond motifs is 3. The number of nitrogen functional groups attached to an aromatic ring is 1. The highest BCUT2D eigenvalue weighted by atomic mass is 19.4. The molecule has 0 saturated heterocycles. The molecular formula is C23H19F3N6O2. The van der Waals surface area contributed by atoms with Gasteiger partial charge >= 0.3 is 6.18 Å². The van der Waals surface area contributed by atoms with Gasteiger partial charge in [0.25, 0.3) is 5.91 Å². The summed E-state index contributed by atoms with van der Waals surface area (Å²) in [7, 11) is 1.40. The number of aromatic nitrogens is 3. The van der Waals surface area contributed by atoms with E-state index in [-0.39, 0.29) is 17.8 Å². The molecule has 0 unspecified atom stereocenters. The highest BCUT2D eigenvalue weighted by molar-refractivity contribution is 6.11. The van der Waals surface area contributed by atoms with E-state index < -0.39 is 23.6 Å². The minimum atomic E-state index is -4.53. The Balaban J connectivity index is 1.73. The van der Waals surface area contributed by atoms with Crippen LogP contribution in [0, 0.1) is 0 Å². The predicted molar refractivity (Wildman–Crippen MR) is 119 cm³/mol. The third-order valence-corrected chi connectivity index (χ3v) is 5.39. The number of hydrazine groups is 1. The molecule has 34 heavy (non-hydrogen) atoms. The number of carbonyl (C=O) groups is 2. The van der Waals surface area contributed by atoms with Crippen molar-refractivity contribution in [2.45, 2.75) is 19.6 Å². The van der Waals surface area contributed by atoms with Crippen LogP contribution < -0.4 is 5.73 Å². The van der Waals surface area contributed by atoms with Crippen molar-refractivity contribution >= 4 is 39.3 Å². The molecule has 0 aliphatic heterocycles. The zero-order chi connectivity index (χ0) is 24.6. The van der Waals surface area contributed by atoms with Gasteiger partial charge in [0, 0.05) is 48.9 Å². The number of alkyl halides is 3. The van der Waals surface area contributed by atoms with Crippen LogP contribution in [-0.2, 0) is 17.5 Å². The molecule has 8 nitrogen and oxygen atoms in total. The first-order valence-corrected chi connectivity index (χ1v) is 10.1. The van der Waals surface area contributed by atoms with E-state index in [0.717, 1.165) is 21.5 Å². The first-order valence-electron chi connectivity index (χ1n) is 10.1. The molecule has 3 heterocycles. The van der Waals surface area contributed by atoms with Gasteiger partial charge in [-0.3, -0.25) is 24.6 Å². The highest BCUT2D eigenvalue weighted by Gasteiger charge is 2.31. The van der Waals surface area contributed by atoms with E-state index in [9.17, 15) is 22.8 Å². The second-order valence-corrected chi connectivity index (χ2v) is 7.59. The third kappa shape index (κ3) is 4.32. The molecule has 0 saturated carbocycles. The lowest BCUT2D eigenvalue weighted by Crippen LogP contribution is -2.46. The third-order valence-electron chi connectivity index (χ3n) is 5.39. The summed E-state index contributed by atoms with van der Waals surface area (Å²) in [4.78, 5) is 37.7. The number of benzene rings is 1. The number of anilines is 1. The van der Waals surface area contributed by atoms with Gasteiger partial charge in [-0.05, 0) is 41.8 Å². The molecular weight excluding hydrogens is 449 g/mol. The van der Waals surface area contributed by atoms with Crippen LogP contribution in [0.15, 0.2) is 55.0 Å². The maximum atomic E-state index is 13.4. The van der Waals surface area contributed by atoms with Crippen molar-refractivity contribution in [1.29, 1.82) is 0 Å². The SMILES string of the molecule is CC(=O)N(C)N(Cc1ccc(C(F)(F)F)cn1)C(=O)c1ccc2nc(N)c3cnccc3c2c1. The van der Waals surface area contributed by atoms with Gasteiger partial charge in [0.05, 0.1) is 23.3 Å². The summed E-state index contributed by atoms with van der Waals surface area (Å²) in [5.74, 6) is -0.673. The Kier molecular flexibility index (Phi) is 5.78. The average Bonchev–Trinajstić information content (AvgIpc) is 2.81. The van der Waals surface area contributed by atoms with Crippen LogP contribution in [0.25, 0.3) is 21.7 Å². The van der Waals surface area contributed by atoms with Gasteiger partial charge < -0.3 is 5.73 Å². The lowest BCUT2D eigenvalue weighted by Gasteiger charge is -2.31. The van der Waals surface area contributed by atoms with Gasteiger partial charge in [-0.25, -0.2) is 9.99 Å². The molecule has 0 bridgehead atoms. The van der Waals surface area contributed by atoms with E-state index in [1.54, 1.807) is 36.7 Å². The fraction of sp³-hybridized carbons (Fsp3) is 0.174. The van der Waals surface area contributed by atoms with Crippen molar-refractivity contribution in [1.82, 2.24) is 25.0 Å². The van der Waals surface area contributed by atoms with Crippen molar-refractivity contribution in [3.63, 3.8) is 0 Å². The van der Waals surface area contributed by atoms with Crippen molar-refractivity contribution in [3.05, 3.63) is 71.8 Å². The van der Waals surface area contributed by atoms with Crippen LogP contribution in [0.3, 0.4) is 0 Å². The van der Waals surface area contributed by atoms with Gasteiger partial charge in [0.1, 0.15) is 5.82 Å². The predicted octanol–water partition coefficient (Wildman–Crippen LogP) is 3.81. The second-order valence-electron chi connectivity index (χ2n) is 7.59. The number of carbonyl (C=O) groups excluding carboxylic acids is 2. The minimum Gasteiger partial charge on any atom is -0.383 e. The summed E-state index contributed by atoms with van der Waals surface area (Å²) in [6, 6.07) is 8.63. The highest BCUT2D eigenvalue weighted by Crippen LogP contribution is 2.30. The average molecular weight is 468 g/mol. The number of nitrogens with two attached hydrogens (primary N) is 1. The Labute approximate surface area is 191 Å². The standard InChI is InChI=1S/C23H19F3N6O2/c1-13(33)31(2)32(12-16-5-4-15(10-29-16)23(24,25)26)22(34)14-3-6-20-18(9-14)17-7-8-28-11-19(17)21(27)30-20/h3-11H,12H2,1-2H3,(H2,27,30). The lowest BCUT2D eigenvalue weighted by molar-refractivity contribution is -0.140. The van der Waals surface area contributed by atoms with Crippen LogP contribution in [-0.4, -0.2) is 43.8 Å². The summed E-state index contributed by atoms with van der Waals surface area (Å²) in [5, 5.41) is 4.26. The Morgan fingerprint density at radius 3 is 2.44 bits per heavy atom. The molecule has 0 spiro atoms. The first-order chi connectivity index (χ1) is 16.1. The maximum Gasteiger partial charge on any atom is 0.417 e. The molecule has 0 radical (unpaired) electrons. The fourth-order valence-electron chi connectivity index (χ4n) is 3.48. The van der Waals surface area contributed by atoms with Crippen molar-refractivity contribution < 1.29 is 22.8 Å². The molecule has 0 atom stereocenters. The maximum absolute atomic E-state index is 13.4. The van der Waals surface area contributed by atoms with E-state index in [0.29, 0.717) is 28.3 Å². The topological polar surface area (TPSA) is 105 Å². The monoisotopic (exact) mass is 468 g/mol. The summed E-state index contributed by atoms with van der Waals surface area (Å²) < 4.78 is 38.6. The number of hydrogen-bond donors (Lipinski definition) is 1. The zero-order valence-corrected chi connectivity index (χ0v) is 18.2. The number of pyridine rings is 3. The first kappa shape index (κ1) is 22.9. The molecule has 11 heteroatoms. The number of hydrogen-bond acceptors (Lipinski definition) is 6. The number of amides is 2. The largest absolute Gasteiger partial charge is 0.417 e. The van der Waals surface area contributed by atoms with E-state index in [2.05, 4.69) is 15.0 Å². The van der Waals surface area contributed by atoms with Crippen LogP contribution in [0.1, 0.15) is 28.5 Å². The van der Waals surface area contributed by atoms with Crippen molar-refractivity contribution in [2.24, 2.45) is 0 Å². The Bertz CT molecular complexity index is 1410. The van der Waals surface area contributed by atoms with Crippen LogP contribution in [0.2, 0.25) is 0 Å². The summed E-state index contributed by atoms with van der Waals surface area (Å²) in [6.45, 7) is 1.06. The van der Waals surface area contributed by atoms with Crippen LogP contribution in [0.4, 0.5) is 19.0 Å². The zero-order valence-electron chi connectivity index (χ0n) is 18.2. The molecule has 174 valence electrons. The van der Waals surface area contributed by atoms with Crippen LogP contribution >= 0.6 is 0 Å². The van der Waals surface area contributed by atoms with Crippen molar-refractivity contribution in [2.75, 3.05) is 12.8 Å². The molecule has 0 aliphatic rings. The molecule has 0 fully saturated rings. The Hall–Kier alpha value is -4.28. The van der Waals surface area contributed by atoms with Crippen LogP contribution in [0.5, 0.6) is 0 Å². The molecule has 2 amide bonds.